The van der Waals surface area contributed by atoms with Crippen LogP contribution in [-0.4, -0.2) is 31.1 Å². The highest BCUT2D eigenvalue weighted by Gasteiger charge is 2.17. The maximum atomic E-state index is 13.7. The van der Waals surface area contributed by atoms with Crippen LogP contribution in [0.2, 0.25) is 0 Å². The van der Waals surface area contributed by atoms with Crippen LogP contribution in [0.4, 0.5) is 8.78 Å². The lowest BCUT2D eigenvalue weighted by Gasteiger charge is -2.12. The summed E-state index contributed by atoms with van der Waals surface area (Å²) in [5.41, 5.74) is 2.87. The molecule has 0 saturated heterocycles. The van der Waals surface area contributed by atoms with E-state index in [2.05, 4.69) is 15.5 Å². The van der Waals surface area contributed by atoms with Gasteiger partial charge in [0.1, 0.15) is 11.6 Å². The molecule has 3 rings (SSSR count). The molecule has 0 aliphatic rings. The third-order valence-corrected chi connectivity index (χ3v) is 4.70. The Morgan fingerprint density at radius 2 is 1.96 bits per heavy atom. The molecule has 8 heteroatoms. The molecule has 0 unspecified atom stereocenters. The number of rotatable bonds is 5. The van der Waals surface area contributed by atoms with Crippen molar-refractivity contribution in [1.82, 2.24) is 20.2 Å². The van der Waals surface area contributed by atoms with Crippen molar-refractivity contribution >= 4 is 11.8 Å². The minimum atomic E-state index is -1.18. The molecule has 0 aliphatic carbocycles. The van der Waals surface area contributed by atoms with Gasteiger partial charge in [0.25, 0.3) is 0 Å². The van der Waals surface area contributed by atoms with Crippen molar-refractivity contribution < 1.29 is 13.9 Å². The van der Waals surface area contributed by atoms with E-state index >= 15 is 0 Å². The van der Waals surface area contributed by atoms with E-state index in [4.69, 9.17) is 0 Å². The number of thioether (sulfide) groups is 1. The van der Waals surface area contributed by atoms with Crippen LogP contribution in [0.3, 0.4) is 0 Å². The van der Waals surface area contributed by atoms with Crippen molar-refractivity contribution in [3.05, 3.63) is 64.7 Å². The molecule has 5 nitrogen and oxygen atoms in total. The van der Waals surface area contributed by atoms with Crippen LogP contribution in [0.15, 0.2) is 41.6 Å². The fourth-order valence-corrected chi connectivity index (χ4v) is 3.31. The van der Waals surface area contributed by atoms with E-state index < -0.39 is 17.7 Å². The average Bonchev–Trinajstić information content (AvgIpc) is 3.03. The molecule has 130 valence electrons. The van der Waals surface area contributed by atoms with Gasteiger partial charge in [0.2, 0.25) is 5.16 Å². The predicted molar refractivity (Wildman–Crippen MR) is 90.7 cm³/mol. The normalized spacial score (nSPS) is 12.4. The number of aliphatic hydroxyl groups excluding tert-OH is 1. The summed E-state index contributed by atoms with van der Waals surface area (Å²) in [6.07, 6.45) is -1.18. The minimum Gasteiger partial charge on any atom is -0.387 e. The number of aromatic nitrogens is 4. The van der Waals surface area contributed by atoms with Crippen LogP contribution in [0.1, 0.15) is 22.8 Å². The summed E-state index contributed by atoms with van der Waals surface area (Å²) in [5.74, 6) is -1.16. The van der Waals surface area contributed by atoms with Gasteiger partial charge in [0, 0.05) is 11.3 Å². The van der Waals surface area contributed by atoms with Gasteiger partial charge in [-0.15, -0.1) is 5.10 Å². The lowest BCUT2D eigenvalue weighted by molar-refractivity contribution is 0.198. The summed E-state index contributed by atoms with van der Waals surface area (Å²) < 4.78 is 28.6. The van der Waals surface area contributed by atoms with Gasteiger partial charge in [-0.3, -0.25) is 0 Å². The Hall–Kier alpha value is -2.32. The number of hydrogen-bond acceptors (Lipinski definition) is 5. The first-order valence-electron chi connectivity index (χ1n) is 7.57. The molecule has 1 N–H and O–H groups in total. The highest BCUT2D eigenvalue weighted by molar-refractivity contribution is 7.99. The first kappa shape index (κ1) is 17.5. The Labute approximate surface area is 147 Å². The molecule has 0 spiro atoms. The molecule has 1 atom stereocenters. The van der Waals surface area contributed by atoms with Gasteiger partial charge in [0.05, 0.1) is 11.8 Å². The zero-order valence-electron chi connectivity index (χ0n) is 13.6. The van der Waals surface area contributed by atoms with E-state index in [-0.39, 0.29) is 11.3 Å². The van der Waals surface area contributed by atoms with Crippen molar-refractivity contribution in [2.75, 3.05) is 5.75 Å². The highest BCUT2D eigenvalue weighted by atomic mass is 32.2. The second-order valence-corrected chi connectivity index (χ2v) is 6.64. The summed E-state index contributed by atoms with van der Waals surface area (Å²) >= 11 is 1.17. The van der Waals surface area contributed by atoms with E-state index in [1.807, 2.05) is 32.0 Å². The topological polar surface area (TPSA) is 63.8 Å². The van der Waals surface area contributed by atoms with E-state index in [9.17, 15) is 13.9 Å². The van der Waals surface area contributed by atoms with Gasteiger partial charge in [-0.2, -0.15) is 4.68 Å². The molecule has 0 saturated carbocycles. The second-order valence-electron chi connectivity index (χ2n) is 5.66. The average molecular weight is 362 g/mol. The van der Waals surface area contributed by atoms with E-state index in [0.29, 0.717) is 5.16 Å². The second kappa shape index (κ2) is 7.28. The molecule has 2 aromatic carbocycles. The van der Waals surface area contributed by atoms with Crippen LogP contribution in [0.25, 0.3) is 5.69 Å². The maximum absolute atomic E-state index is 13.7. The lowest BCUT2D eigenvalue weighted by Crippen LogP contribution is -2.06. The largest absolute Gasteiger partial charge is 0.387 e. The molecule has 25 heavy (non-hydrogen) atoms. The first-order chi connectivity index (χ1) is 12.0. The van der Waals surface area contributed by atoms with Crippen LogP contribution in [0.5, 0.6) is 0 Å². The minimum absolute atomic E-state index is 0.0851. The Morgan fingerprint density at radius 3 is 2.72 bits per heavy atom. The Balaban J connectivity index is 1.79. The number of hydrogen-bond donors (Lipinski definition) is 1. The number of halogens is 2. The van der Waals surface area contributed by atoms with Crippen molar-refractivity contribution in [3.8, 4) is 5.69 Å². The molecule has 1 aromatic heterocycles. The molecule has 0 bridgehead atoms. The smallest absolute Gasteiger partial charge is 0.214 e. The molecular formula is C17H16F2N4OS. The zero-order valence-corrected chi connectivity index (χ0v) is 14.5. The van der Waals surface area contributed by atoms with Crippen LogP contribution >= 0.6 is 11.8 Å². The third kappa shape index (κ3) is 3.85. The lowest BCUT2D eigenvalue weighted by atomic mass is 10.1. The van der Waals surface area contributed by atoms with Gasteiger partial charge in [-0.25, -0.2) is 8.78 Å². The fourth-order valence-electron chi connectivity index (χ4n) is 2.48. The third-order valence-electron chi connectivity index (χ3n) is 3.71. The van der Waals surface area contributed by atoms with E-state index in [0.717, 1.165) is 35.0 Å². The molecule has 0 amide bonds. The Morgan fingerprint density at radius 1 is 1.16 bits per heavy atom. The van der Waals surface area contributed by atoms with Gasteiger partial charge in [0.15, 0.2) is 0 Å². The molecular weight excluding hydrogens is 346 g/mol. The van der Waals surface area contributed by atoms with Gasteiger partial charge in [-0.05, 0) is 54.1 Å². The van der Waals surface area contributed by atoms with Crippen molar-refractivity contribution in [2.45, 2.75) is 25.1 Å². The van der Waals surface area contributed by atoms with Gasteiger partial charge >= 0.3 is 0 Å². The number of aliphatic hydroxyl groups is 1. The monoisotopic (exact) mass is 362 g/mol. The number of tetrazole rings is 1. The zero-order chi connectivity index (χ0) is 18.0. The van der Waals surface area contributed by atoms with Crippen molar-refractivity contribution in [2.24, 2.45) is 0 Å². The fraction of sp³-hybridized carbons (Fsp3) is 0.235. The number of aryl methyl sites for hydroxylation is 2. The van der Waals surface area contributed by atoms with Crippen LogP contribution in [-0.2, 0) is 0 Å². The van der Waals surface area contributed by atoms with Gasteiger partial charge in [-0.1, -0.05) is 29.5 Å². The van der Waals surface area contributed by atoms with Crippen LogP contribution in [0, 0.1) is 25.5 Å². The van der Waals surface area contributed by atoms with Crippen LogP contribution < -0.4 is 0 Å². The SMILES string of the molecule is Cc1ccc(-n2nnnc2SC[C@H](O)c2cc(F)ccc2F)c(C)c1. The molecule has 1 heterocycles. The summed E-state index contributed by atoms with van der Waals surface area (Å²) in [4.78, 5) is 0. The summed E-state index contributed by atoms with van der Waals surface area (Å²) in [5, 5.41) is 22.2. The predicted octanol–water partition coefficient (Wildman–Crippen LogP) is 3.38. The Bertz CT molecular complexity index is 900. The molecule has 0 aliphatic heterocycles. The van der Waals surface area contributed by atoms with E-state index in [1.54, 1.807) is 4.68 Å². The van der Waals surface area contributed by atoms with Crippen molar-refractivity contribution in [1.29, 1.82) is 0 Å². The molecule has 0 radical (unpaired) electrons. The van der Waals surface area contributed by atoms with Crippen molar-refractivity contribution in [3.63, 3.8) is 0 Å². The summed E-state index contributed by atoms with van der Waals surface area (Å²) in [6, 6.07) is 8.89. The summed E-state index contributed by atoms with van der Waals surface area (Å²) in [6.45, 7) is 3.95. The number of benzene rings is 2. The highest BCUT2D eigenvalue weighted by Crippen LogP contribution is 2.27. The Kier molecular flexibility index (Phi) is 5.10. The van der Waals surface area contributed by atoms with Gasteiger partial charge < -0.3 is 5.11 Å². The number of nitrogens with zero attached hydrogens (tertiary/aromatic N) is 4. The molecule has 3 aromatic rings. The first-order valence-corrected chi connectivity index (χ1v) is 8.56. The van der Waals surface area contributed by atoms with E-state index in [1.165, 1.54) is 11.8 Å². The molecule has 0 fully saturated rings. The summed E-state index contributed by atoms with van der Waals surface area (Å²) in [7, 11) is 0. The standard InChI is InChI=1S/C17H16F2N4OS/c1-10-3-6-15(11(2)7-10)23-17(20-21-22-23)25-9-16(24)13-8-12(18)4-5-14(13)19/h3-8,16,24H,9H2,1-2H3/t16-/m0/s1. The quantitative estimate of drug-likeness (QED) is 0.705. The maximum Gasteiger partial charge on any atom is 0.214 e.